The molecular weight excluding hydrogens is 450 g/mol. The molecule has 0 radical (unpaired) electrons. The van der Waals surface area contributed by atoms with Gasteiger partial charge in [0.1, 0.15) is 5.01 Å². The van der Waals surface area contributed by atoms with Gasteiger partial charge in [-0.3, -0.25) is 4.79 Å². The van der Waals surface area contributed by atoms with E-state index in [0.29, 0.717) is 43.8 Å². The molecule has 1 aromatic carbocycles. The number of aryl methyl sites for hydroxylation is 1. The Kier molecular flexibility index (Phi) is 6.86. The molecule has 1 fully saturated rings. The van der Waals surface area contributed by atoms with Crippen LogP contribution in [0.15, 0.2) is 52.1 Å². The van der Waals surface area contributed by atoms with Crippen LogP contribution in [0.2, 0.25) is 0 Å². The summed E-state index contributed by atoms with van der Waals surface area (Å²) in [6.45, 7) is 3.07. The number of aromatic nitrogens is 1. The Hall–Kier alpha value is -2.07. The predicted octanol–water partition coefficient (Wildman–Crippen LogP) is 3.94. The van der Waals surface area contributed by atoms with E-state index in [1.54, 1.807) is 47.8 Å². The Morgan fingerprint density at radius 2 is 1.94 bits per heavy atom. The van der Waals surface area contributed by atoms with Crippen molar-refractivity contribution in [1.82, 2.24) is 14.6 Å². The van der Waals surface area contributed by atoms with Crippen LogP contribution in [0.4, 0.5) is 0 Å². The van der Waals surface area contributed by atoms with Gasteiger partial charge in [0.15, 0.2) is 0 Å². The van der Waals surface area contributed by atoms with Crippen LogP contribution in [0.1, 0.15) is 24.1 Å². The van der Waals surface area contributed by atoms with E-state index in [2.05, 4.69) is 16.4 Å². The second kappa shape index (κ2) is 9.60. The van der Waals surface area contributed by atoms with Crippen molar-refractivity contribution >= 4 is 38.6 Å². The lowest BCUT2D eigenvalue weighted by atomic mass is 9.97. The van der Waals surface area contributed by atoms with Crippen LogP contribution in [0.25, 0.3) is 9.88 Å². The van der Waals surface area contributed by atoms with Crippen LogP contribution in [0, 0.1) is 12.8 Å². The molecule has 1 saturated heterocycles. The summed E-state index contributed by atoms with van der Waals surface area (Å²) in [5, 5.41) is 8.09. The number of sulfonamides is 1. The minimum Gasteiger partial charge on any atom is -0.355 e. The van der Waals surface area contributed by atoms with E-state index < -0.39 is 10.0 Å². The summed E-state index contributed by atoms with van der Waals surface area (Å²) in [6, 6.07) is 11.1. The van der Waals surface area contributed by atoms with Gasteiger partial charge in [-0.25, -0.2) is 13.4 Å². The maximum absolute atomic E-state index is 12.9. The molecular formula is C22H25N3O3S3. The van der Waals surface area contributed by atoms with Gasteiger partial charge >= 0.3 is 0 Å². The topological polar surface area (TPSA) is 79.4 Å². The van der Waals surface area contributed by atoms with E-state index in [-0.39, 0.29) is 11.8 Å². The average Bonchev–Trinajstić information content (AvgIpc) is 3.46. The molecule has 1 N–H and O–H groups in total. The highest BCUT2D eigenvalue weighted by atomic mass is 32.2. The highest BCUT2D eigenvalue weighted by Crippen LogP contribution is 2.28. The zero-order chi connectivity index (χ0) is 21.8. The van der Waals surface area contributed by atoms with Crippen molar-refractivity contribution in [2.45, 2.75) is 31.1 Å². The van der Waals surface area contributed by atoms with Crippen molar-refractivity contribution in [3.63, 3.8) is 0 Å². The number of carbonyl (C=O) groups excluding carboxylic acids is 1. The summed E-state index contributed by atoms with van der Waals surface area (Å²) >= 11 is 3.29. The van der Waals surface area contributed by atoms with E-state index in [4.69, 9.17) is 0 Å². The predicted molar refractivity (Wildman–Crippen MR) is 125 cm³/mol. The molecule has 9 heteroatoms. The fraction of sp³-hybridized carbons (Fsp3) is 0.364. The summed E-state index contributed by atoms with van der Waals surface area (Å²) in [5.74, 6) is -0.151. The molecule has 3 aromatic rings. The average molecular weight is 476 g/mol. The third-order valence-corrected chi connectivity index (χ3v) is 9.49. The minimum atomic E-state index is -3.52. The van der Waals surface area contributed by atoms with E-state index >= 15 is 0 Å². The molecule has 0 bridgehead atoms. The van der Waals surface area contributed by atoms with Crippen LogP contribution >= 0.6 is 22.7 Å². The first kappa shape index (κ1) is 22.1. The second-order valence-electron chi connectivity index (χ2n) is 7.61. The molecule has 1 aliphatic rings. The number of rotatable bonds is 7. The summed E-state index contributed by atoms with van der Waals surface area (Å²) in [4.78, 5) is 18.7. The van der Waals surface area contributed by atoms with Gasteiger partial charge in [0.25, 0.3) is 0 Å². The SMILES string of the molecule is Cc1ccccc1S(=O)(=O)N1CCC(C(=O)NCCc2csc(-c3cccs3)n2)CC1. The summed E-state index contributed by atoms with van der Waals surface area (Å²) in [6.07, 6.45) is 1.76. The summed E-state index contributed by atoms with van der Waals surface area (Å²) < 4.78 is 27.3. The molecule has 4 rings (SSSR count). The first-order valence-corrected chi connectivity index (χ1v) is 13.5. The number of thiophene rings is 1. The van der Waals surface area contributed by atoms with Gasteiger partial charge in [-0.1, -0.05) is 24.3 Å². The zero-order valence-corrected chi connectivity index (χ0v) is 19.7. The summed E-state index contributed by atoms with van der Waals surface area (Å²) in [7, 11) is -3.52. The molecule has 2 aromatic heterocycles. The van der Waals surface area contributed by atoms with Gasteiger partial charge in [0.2, 0.25) is 15.9 Å². The first-order valence-electron chi connectivity index (χ1n) is 10.3. The van der Waals surface area contributed by atoms with Crippen molar-refractivity contribution < 1.29 is 13.2 Å². The second-order valence-corrected chi connectivity index (χ2v) is 11.3. The van der Waals surface area contributed by atoms with E-state index in [1.165, 1.54) is 4.31 Å². The van der Waals surface area contributed by atoms with Gasteiger partial charge in [-0.05, 0) is 42.8 Å². The highest BCUT2D eigenvalue weighted by molar-refractivity contribution is 7.89. The highest BCUT2D eigenvalue weighted by Gasteiger charge is 2.32. The lowest BCUT2D eigenvalue weighted by molar-refractivity contribution is -0.126. The quantitative estimate of drug-likeness (QED) is 0.561. The van der Waals surface area contributed by atoms with E-state index in [1.807, 2.05) is 22.9 Å². The number of benzene rings is 1. The van der Waals surface area contributed by atoms with Gasteiger partial charge in [0.05, 0.1) is 15.5 Å². The van der Waals surface area contributed by atoms with Gasteiger partial charge in [0, 0.05) is 37.4 Å². The fourth-order valence-electron chi connectivity index (χ4n) is 3.74. The van der Waals surface area contributed by atoms with Crippen molar-refractivity contribution in [3.05, 3.63) is 58.4 Å². The lowest BCUT2D eigenvalue weighted by Gasteiger charge is -2.31. The van der Waals surface area contributed by atoms with Crippen LogP contribution < -0.4 is 5.32 Å². The van der Waals surface area contributed by atoms with Crippen molar-refractivity contribution in [3.8, 4) is 9.88 Å². The standard InChI is InChI=1S/C22H25N3O3S3/c1-16-5-2-3-7-20(16)31(27,28)25-12-9-17(10-13-25)21(26)23-11-8-18-15-30-22(24-18)19-6-4-14-29-19/h2-7,14-15,17H,8-13H2,1H3,(H,23,26). The molecule has 3 heterocycles. The molecule has 1 amide bonds. The molecule has 0 unspecified atom stereocenters. The number of carbonyl (C=O) groups is 1. The number of nitrogens with one attached hydrogen (secondary N) is 1. The van der Waals surface area contributed by atoms with Crippen molar-refractivity contribution in [1.29, 1.82) is 0 Å². The Morgan fingerprint density at radius 1 is 1.16 bits per heavy atom. The van der Waals surface area contributed by atoms with Crippen LogP contribution in [0.5, 0.6) is 0 Å². The largest absolute Gasteiger partial charge is 0.355 e. The molecule has 1 aliphatic heterocycles. The van der Waals surface area contributed by atoms with Gasteiger partial charge in [-0.15, -0.1) is 22.7 Å². The molecule has 164 valence electrons. The maximum atomic E-state index is 12.9. The Balaban J connectivity index is 1.25. The number of nitrogens with zero attached hydrogens (tertiary/aromatic N) is 2. The number of hydrogen-bond donors (Lipinski definition) is 1. The number of hydrogen-bond acceptors (Lipinski definition) is 6. The van der Waals surface area contributed by atoms with Gasteiger partial charge in [-0.2, -0.15) is 4.31 Å². The molecule has 0 saturated carbocycles. The molecule has 6 nitrogen and oxygen atoms in total. The van der Waals surface area contributed by atoms with E-state index in [0.717, 1.165) is 21.1 Å². The fourth-order valence-corrected chi connectivity index (χ4v) is 7.10. The van der Waals surface area contributed by atoms with Gasteiger partial charge < -0.3 is 5.32 Å². The first-order chi connectivity index (χ1) is 14.9. The maximum Gasteiger partial charge on any atom is 0.243 e. The third kappa shape index (κ3) is 5.06. The minimum absolute atomic E-state index is 0.00153. The van der Waals surface area contributed by atoms with Crippen LogP contribution in [0.3, 0.4) is 0 Å². The molecule has 0 aliphatic carbocycles. The van der Waals surface area contributed by atoms with Crippen molar-refractivity contribution in [2.24, 2.45) is 5.92 Å². The smallest absolute Gasteiger partial charge is 0.243 e. The Labute approximate surface area is 191 Å². The zero-order valence-electron chi connectivity index (χ0n) is 17.3. The normalized spacial score (nSPS) is 15.8. The third-order valence-electron chi connectivity index (χ3n) is 5.50. The lowest BCUT2D eigenvalue weighted by Crippen LogP contribution is -2.43. The Morgan fingerprint density at radius 3 is 2.65 bits per heavy atom. The molecule has 0 atom stereocenters. The molecule has 31 heavy (non-hydrogen) atoms. The number of thiazole rings is 1. The number of amides is 1. The monoisotopic (exact) mass is 475 g/mol. The Bertz CT molecular complexity index is 1130. The van der Waals surface area contributed by atoms with Crippen LogP contribution in [-0.4, -0.2) is 43.2 Å². The van der Waals surface area contributed by atoms with E-state index in [9.17, 15) is 13.2 Å². The molecule has 0 spiro atoms. The van der Waals surface area contributed by atoms with Crippen LogP contribution in [-0.2, 0) is 21.2 Å². The number of piperidine rings is 1. The summed E-state index contributed by atoms with van der Waals surface area (Å²) in [5.41, 5.74) is 1.72. The van der Waals surface area contributed by atoms with Crippen molar-refractivity contribution in [2.75, 3.05) is 19.6 Å².